The molecule has 0 N–H and O–H groups in total. The van der Waals surface area contributed by atoms with Crippen LogP contribution in [0.5, 0.6) is 0 Å². The monoisotopic (exact) mass is 178 g/mol. The van der Waals surface area contributed by atoms with E-state index in [1.54, 1.807) is 12.4 Å². The van der Waals surface area contributed by atoms with E-state index in [-0.39, 0.29) is 0 Å². The molecule has 1 unspecified atom stereocenters. The molecule has 0 aromatic carbocycles. The number of rotatable bonds is 0. The third kappa shape index (κ3) is 3.89. The Labute approximate surface area is 74.5 Å². The Kier molecular flexibility index (Phi) is 4.11. The van der Waals surface area contributed by atoms with Crippen molar-refractivity contribution in [1.29, 1.82) is 0 Å². The van der Waals surface area contributed by atoms with Crippen LogP contribution in [0.3, 0.4) is 0 Å². The third-order valence-electron chi connectivity index (χ3n) is 1.19. The van der Waals surface area contributed by atoms with Gasteiger partial charge in [-0.15, -0.1) is 0 Å². The van der Waals surface area contributed by atoms with Gasteiger partial charge in [0.25, 0.3) is 0 Å². The largest absolute Gasteiger partial charge is 0.339 e. The van der Waals surface area contributed by atoms with Crippen LogP contribution in [0.1, 0.15) is 0 Å². The predicted octanol–water partition coefficient (Wildman–Crippen LogP) is 2.21. The Morgan fingerprint density at radius 2 is 1.42 bits per heavy atom. The standard InChI is InChI=1S/C5H5N.C4H6NP/c1-2-4-6-5-3-1;6-5-3-1-2-4-5/h1-5H;1-4H,6H2. The van der Waals surface area contributed by atoms with Crippen LogP contribution >= 0.6 is 9.39 Å². The highest BCUT2D eigenvalue weighted by atomic mass is 31.0. The van der Waals surface area contributed by atoms with Gasteiger partial charge in [0.15, 0.2) is 0 Å². The molecule has 0 radical (unpaired) electrons. The van der Waals surface area contributed by atoms with Gasteiger partial charge in [0.05, 0.1) is 0 Å². The predicted molar refractivity (Wildman–Crippen MR) is 53.8 cm³/mol. The molecule has 0 aliphatic rings. The maximum Gasteiger partial charge on any atom is 0.0267 e. The van der Waals surface area contributed by atoms with Gasteiger partial charge in [0.1, 0.15) is 0 Å². The van der Waals surface area contributed by atoms with Gasteiger partial charge in [-0.25, -0.2) is 0 Å². The number of hydrogen-bond donors (Lipinski definition) is 0. The van der Waals surface area contributed by atoms with E-state index in [0.29, 0.717) is 0 Å². The van der Waals surface area contributed by atoms with Crippen molar-refractivity contribution in [1.82, 2.24) is 9.32 Å². The Morgan fingerprint density at radius 3 is 1.58 bits per heavy atom. The zero-order chi connectivity index (χ0) is 8.65. The molecular formula is C9H11N2P. The molecule has 0 saturated heterocycles. The van der Waals surface area contributed by atoms with Crippen molar-refractivity contribution in [2.24, 2.45) is 0 Å². The summed E-state index contributed by atoms with van der Waals surface area (Å²) in [4.78, 5) is 3.78. The summed E-state index contributed by atoms with van der Waals surface area (Å²) in [6, 6.07) is 9.67. The summed E-state index contributed by atoms with van der Waals surface area (Å²) in [5.41, 5.74) is 0. The van der Waals surface area contributed by atoms with Crippen LogP contribution in [0.4, 0.5) is 0 Å². The summed E-state index contributed by atoms with van der Waals surface area (Å²) in [6.45, 7) is 0. The van der Waals surface area contributed by atoms with Gasteiger partial charge in [-0.05, 0) is 33.7 Å². The molecule has 2 rings (SSSR count). The van der Waals surface area contributed by atoms with E-state index in [9.17, 15) is 0 Å². The van der Waals surface area contributed by atoms with Crippen LogP contribution in [0, 0.1) is 0 Å². The molecule has 2 heterocycles. The van der Waals surface area contributed by atoms with E-state index in [4.69, 9.17) is 0 Å². The molecule has 0 fully saturated rings. The Balaban J connectivity index is 0.000000120. The van der Waals surface area contributed by atoms with Crippen LogP contribution in [0.15, 0.2) is 55.1 Å². The molecule has 62 valence electrons. The zero-order valence-electron chi connectivity index (χ0n) is 6.67. The number of nitrogens with zero attached hydrogens (tertiary/aromatic N) is 2. The second-order valence-corrected chi connectivity index (χ2v) is 2.75. The molecule has 1 atom stereocenters. The molecule has 3 heteroatoms. The summed E-state index contributed by atoms with van der Waals surface area (Å²) < 4.78 is 1.92. The minimum absolute atomic E-state index is 1.75. The second-order valence-electron chi connectivity index (χ2n) is 2.15. The van der Waals surface area contributed by atoms with E-state index in [0.717, 1.165) is 0 Å². The van der Waals surface area contributed by atoms with Gasteiger partial charge < -0.3 is 4.34 Å². The summed E-state index contributed by atoms with van der Waals surface area (Å²) in [6.07, 6.45) is 7.43. The minimum Gasteiger partial charge on any atom is -0.339 e. The number of hydrogen-bond acceptors (Lipinski definition) is 1. The summed E-state index contributed by atoms with van der Waals surface area (Å²) in [5.74, 6) is 0. The fraction of sp³-hybridized carbons (Fsp3) is 0. The lowest BCUT2D eigenvalue weighted by Crippen LogP contribution is -1.61. The van der Waals surface area contributed by atoms with Crippen LogP contribution in [-0.2, 0) is 0 Å². The molecular weight excluding hydrogens is 167 g/mol. The molecule has 0 bridgehead atoms. The Morgan fingerprint density at radius 1 is 0.833 bits per heavy atom. The maximum atomic E-state index is 3.78. The maximum absolute atomic E-state index is 3.78. The highest BCUT2D eigenvalue weighted by Crippen LogP contribution is 1.91. The average molecular weight is 178 g/mol. The smallest absolute Gasteiger partial charge is 0.0267 e. The average Bonchev–Trinajstić information content (AvgIpc) is 2.60. The van der Waals surface area contributed by atoms with Gasteiger partial charge in [0.2, 0.25) is 0 Å². The van der Waals surface area contributed by atoms with E-state index in [1.807, 2.05) is 47.1 Å². The van der Waals surface area contributed by atoms with E-state index in [1.165, 1.54) is 0 Å². The molecule has 0 aliphatic carbocycles. The lowest BCUT2D eigenvalue weighted by atomic mass is 10.5. The fourth-order valence-corrected chi connectivity index (χ4v) is 0.859. The van der Waals surface area contributed by atoms with Crippen molar-refractivity contribution < 1.29 is 0 Å². The second kappa shape index (κ2) is 5.50. The molecule has 12 heavy (non-hydrogen) atoms. The molecule has 0 saturated carbocycles. The zero-order valence-corrected chi connectivity index (χ0v) is 7.82. The molecule has 0 spiro atoms. The van der Waals surface area contributed by atoms with Crippen LogP contribution < -0.4 is 0 Å². The molecule has 0 aliphatic heterocycles. The van der Waals surface area contributed by atoms with Crippen molar-refractivity contribution in [3.63, 3.8) is 0 Å². The molecule has 2 aromatic heterocycles. The van der Waals surface area contributed by atoms with Crippen molar-refractivity contribution in [3.05, 3.63) is 55.1 Å². The molecule has 2 nitrogen and oxygen atoms in total. The summed E-state index contributed by atoms with van der Waals surface area (Å²) in [7, 11) is 2.53. The topological polar surface area (TPSA) is 17.8 Å². The first-order valence-electron chi connectivity index (χ1n) is 3.62. The Hall–Kier alpha value is -1.14. The van der Waals surface area contributed by atoms with E-state index >= 15 is 0 Å². The SMILES string of the molecule is Pn1cccc1.c1ccncc1. The first-order chi connectivity index (χ1) is 5.89. The van der Waals surface area contributed by atoms with Crippen molar-refractivity contribution in [2.45, 2.75) is 0 Å². The van der Waals surface area contributed by atoms with Gasteiger partial charge in [-0.2, -0.15) is 0 Å². The van der Waals surface area contributed by atoms with Crippen LogP contribution in [0.25, 0.3) is 0 Å². The first-order valence-corrected chi connectivity index (χ1v) is 4.14. The summed E-state index contributed by atoms with van der Waals surface area (Å²) >= 11 is 0. The quantitative estimate of drug-likeness (QED) is 0.565. The molecule has 2 aromatic rings. The third-order valence-corrected chi connectivity index (χ3v) is 1.54. The number of pyridine rings is 1. The van der Waals surface area contributed by atoms with Gasteiger partial charge in [-0.3, -0.25) is 4.98 Å². The van der Waals surface area contributed by atoms with Crippen molar-refractivity contribution in [3.8, 4) is 0 Å². The lowest BCUT2D eigenvalue weighted by molar-refractivity contribution is 1.29. The summed E-state index contributed by atoms with van der Waals surface area (Å²) in [5, 5.41) is 0. The highest BCUT2D eigenvalue weighted by Gasteiger charge is 1.68. The van der Waals surface area contributed by atoms with Gasteiger partial charge in [0, 0.05) is 24.8 Å². The Bertz CT molecular complexity index is 252. The van der Waals surface area contributed by atoms with Crippen molar-refractivity contribution in [2.75, 3.05) is 0 Å². The minimum atomic E-state index is 1.75. The fourth-order valence-electron chi connectivity index (χ4n) is 0.660. The van der Waals surface area contributed by atoms with Gasteiger partial charge in [-0.1, -0.05) is 6.07 Å². The van der Waals surface area contributed by atoms with E-state index < -0.39 is 0 Å². The van der Waals surface area contributed by atoms with Crippen LogP contribution in [-0.4, -0.2) is 9.32 Å². The number of aromatic nitrogens is 2. The first kappa shape index (κ1) is 8.95. The highest BCUT2D eigenvalue weighted by molar-refractivity contribution is 7.14. The molecule has 0 amide bonds. The lowest BCUT2D eigenvalue weighted by Gasteiger charge is -1.78. The normalized spacial score (nSPS) is 8.42. The van der Waals surface area contributed by atoms with E-state index in [2.05, 4.69) is 14.4 Å². The van der Waals surface area contributed by atoms with Crippen LogP contribution in [0.2, 0.25) is 0 Å². The van der Waals surface area contributed by atoms with Gasteiger partial charge >= 0.3 is 0 Å². The van der Waals surface area contributed by atoms with Crippen molar-refractivity contribution >= 4 is 9.39 Å².